The zero-order valence-corrected chi connectivity index (χ0v) is 8.78. The monoisotopic (exact) mass is 207 g/mol. The van der Waals surface area contributed by atoms with Crippen molar-refractivity contribution in [3.05, 3.63) is 17.5 Å². The van der Waals surface area contributed by atoms with Gasteiger partial charge in [-0.15, -0.1) is 0 Å². The Balaban J connectivity index is 2.72. The Morgan fingerprint density at radius 3 is 3.13 bits per heavy atom. The van der Waals surface area contributed by atoms with Crippen LogP contribution >= 0.6 is 0 Å². The lowest BCUT2D eigenvalue weighted by molar-refractivity contribution is 0.0519. The maximum Gasteiger partial charge on any atom is 0.358 e. The molecule has 1 N–H and O–H groups in total. The molecule has 1 aromatic heterocycles. The zero-order valence-electron chi connectivity index (χ0n) is 8.78. The highest BCUT2D eigenvalue weighted by molar-refractivity contribution is 5.87. The predicted octanol–water partition coefficient (Wildman–Crippen LogP) is 1.60. The van der Waals surface area contributed by atoms with E-state index in [1.165, 1.54) is 0 Å². The SMILES string of the molecule is CCOC(=O)c1cc(C(C)CC#N)[nH]n1. The van der Waals surface area contributed by atoms with Crippen LogP contribution in [0.25, 0.3) is 0 Å². The minimum atomic E-state index is -0.441. The quantitative estimate of drug-likeness (QED) is 0.760. The van der Waals surface area contributed by atoms with Crippen molar-refractivity contribution in [1.29, 1.82) is 5.26 Å². The largest absolute Gasteiger partial charge is 0.461 e. The second-order valence-electron chi connectivity index (χ2n) is 3.19. The number of carbonyl (C=O) groups is 1. The fourth-order valence-corrected chi connectivity index (χ4v) is 1.15. The summed E-state index contributed by atoms with van der Waals surface area (Å²) in [6, 6.07) is 3.69. The van der Waals surface area contributed by atoms with Crippen LogP contribution in [0, 0.1) is 11.3 Å². The Morgan fingerprint density at radius 1 is 1.80 bits per heavy atom. The highest BCUT2D eigenvalue weighted by Crippen LogP contribution is 2.16. The van der Waals surface area contributed by atoms with Gasteiger partial charge in [-0.3, -0.25) is 5.10 Å². The summed E-state index contributed by atoms with van der Waals surface area (Å²) in [5.41, 5.74) is 1.04. The van der Waals surface area contributed by atoms with Crippen molar-refractivity contribution < 1.29 is 9.53 Å². The summed E-state index contributed by atoms with van der Waals surface area (Å²) in [6.45, 7) is 3.96. The minimum absolute atomic E-state index is 0.0469. The van der Waals surface area contributed by atoms with Gasteiger partial charge in [0.1, 0.15) is 0 Å². The normalized spacial score (nSPS) is 11.8. The molecule has 1 unspecified atom stereocenters. The van der Waals surface area contributed by atoms with E-state index >= 15 is 0 Å². The molecular weight excluding hydrogens is 194 g/mol. The van der Waals surface area contributed by atoms with Crippen LogP contribution in [0.15, 0.2) is 6.07 Å². The number of carbonyl (C=O) groups excluding carboxylic acids is 1. The lowest BCUT2D eigenvalue weighted by Crippen LogP contribution is -2.04. The average Bonchev–Trinajstić information content (AvgIpc) is 2.67. The number of aromatic amines is 1. The van der Waals surface area contributed by atoms with Crippen molar-refractivity contribution in [1.82, 2.24) is 10.2 Å². The van der Waals surface area contributed by atoms with Gasteiger partial charge in [0, 0.05) is 18.0 Å². The van der Waals surface area contributed by atoms with Gasteiger partial charge in [0.25, 0.3) is 0 Å². The highest BCUT2D eigenvalue weighted by atomic mass is 16.5. The second kappa shape index (κ2) is 5.15. The molecule has 0 aromatic carbocycles. The van der Waals surface area contributed by atoms with Crippen molar-refractivity contribution in [2.75, 3.05) is 6.61 Å². The maximum absolute atomic E-state index is 11.3. The number of hydrogen-bond donors (Lipinski definition) is 1. The summed E-state index contributed by atoms with van der Waals surface area (Å²) in [5.74, 6) is -0.394. The van der Waals surface area contributed by atoms with E-state index in [4.69, 9.17) is 10.00 Å². The molecule has 5 heteroatoms. The summed E-state index contributed by atoms with van der Waals surface area (Å²) in [7, 11) is 0. The first-order valence-corrected chi connectivity index (χ1v) is 4.78. The summed E-state index contributed by atoms with van der Waals surface area (Å²) in [4.78, 5) is 11.3. The van der Waals surface area contributed by atoms with Gasteiger partial charge in [-0.1, -0.05) is 6.92 Å². The molecule has 0 amide bonds. The van der Waals surface area contributed by atoms with E-state index in [9.17, 15) is 4.79 Å². The van der Waals surface area contributed by atoms with Crippen molar-refractivity contribution >= 4 is 5.97 Å². The van der Waals surface area contributed by atoms with E-state index < -0.39 is 5.97 Å². The van der Waals surface area contributed by atoms with E-state index in [2.05, 4.69) is 16.3 Å². The average molecular weight is 207 g/mol. The molecule has 0 aliphatic carbocycles. The molecule has 0 saturated heterocycles. The molecule has 1 atom stereocenters. The van der Waals surface area contributed by atoms with Gasteiger partial charge in [-0.05, 0) is 13.0 Å². The van der Waals surface area contributed by atoms with Gasteiger partial charge < -0.3 is 4.74 Å². The van der Waals surface area contributed by atoms with Gasteiger partial charge >= 0.3 is 5.97 Å². The van der Waals surface area contributed by atoms with Crippen LogP contribution in [-0.4, -0.2) is 22.8 Å². The summed E-state index contributed by atoms with van der Waals surface area (Å²) in [6.07, 6.45) is 0.393. The molecule has 1 aromatic rings. The van der Waals surface area contributed by atoms with E-state index in [0.717, 1.165) is 5.69 Å². The number of nitriles is 1. The van der Waals surface area contributed by atoms with Crippen molar-refractivity contribution in [2.24, 2.45) is 0 Å². The van der Waals surface area contributed by atoms with Crippen LogP contribution in [-0.2, 0) is 4.74 Å². The Kier molecular flexibility index (Phi) is 3.86. The molecule has 0 saturated carbocycles. The van der Waals surface area contributed by atoms with Crippen LogP contribution in [0.2, 0.25) is 0 Å². The predicted molar refractivity (Wildman–Crippen MR) is 53.2 cm³/mol. The van der Waals surface area contributed by atoms with Crippen molar-refractivity contribution in [2.45, 2.75) is 26.2 Å². The van der Waals surface area contributed by atoms with Gasteiger partial charge in [-0.25, -0.2) is 4.79 Å². The number of nitrogens with zero attached hydrogens (tertiary/aromatic N) is 2. The van der Waals surface area contributed by atoms with Crippen LogP contribution in [0.5, 0.6) is 0 Å². The molecule has 0 bridgehead atoms. The number of ether oxygens (including phenoxy) is 1. The van der Waals surface area contributed by atoms with Crippen LogP contribution in [0.3, 0.4) is 0 Å². The first-order valence-electron chi connectivity index (χ1n) is 4.78. The Hall–Kier alpha value is -1.83. The lowest BCUT2D eigenvalue weighted by Gasteiger charge is -2.00. The molecule has 0 spiro atoms. The molecule has 0 fully saturated rings. The molecule has 0 aliphatic rings. The van der Waals surface area contributed by atoms with Crippen LogP contribution in [0.1, 0.15) is 42.4 Å². The number of esters is 1. The molecule has 80 valence electrons. The molecule has 15 heavy (non-hydrogen) atoms. The number of rotatable bonds is 4. The Bertz CT molecular complexity index is 378. The van der Waals surface area contributed by atoms with Gasteiger partial charge in [0.05, 0.1) is 12.7 Å². The molecular formula is C10H13N3O2. The smallest absolute Gasteiger partial charge is 0.358 e. The third-order valence-electron chi connectivity index (χ3n) is 2.01. The minimum Gasteiger partial charge on any atom is -0.461 e. The summed E-state index contributed by atoms with van der Waals surface area (Å²) in [5, 5.41) is 15.1. The topological polar surface area (TPSA) is 78.8 Å². The van der Waals surface area contributed by atoms with E-state index in [0.29, 0.717) is 13.0 Å². The molecule has 0 aliphatic heterocycles. The van der Waals surface area contributed by atoms with E-state index in [1.54, 1.807) is 13.0 Å². The van der Waals surface area contributed by atoms with Gasteiger partial charge in [0.2, 0.25) is 0 Å². The van der Waals surface area contributed by atoms with E-state index in [1.807, 2.05) is 6.92 Å². The number of aromatic nitrogens is 2. The number of hydrogen-bond acceptors (Lipinski definition) is 4. The zero-order chi connectivity index (χ0) is 11.3. The summed E-state index contributed by atoms with van der Waals surface area (Å²) < 4.78 is 4.79. The Morgan fingerprint density at radius 2 is 2.53 bits per heavy atom. The van der Waals surface area contributed by atoms with Crippen LogP contribution < -0.4 is 0 Å². The fourth-order valence-electron chi connectivity index (χ4n) is 1.15. The fraction of sp³-hybridized carbons (Fsp3) is 0.500. The second-order valence-corrected chi connectivity index (χ2v) is 3.19. The third-order valence-corrected chi connectivity index (χ3v) is 2.01. The molecule has 0 radical (unpaired) electrons. The van der Waals surface area contributed by atoms with Gasteiger partial charge in [0.15, 0.2) is 5.69 Å². The van der Waals surface area contributed by atoms with Crippen molar-refractivity contribution in [3.8, 4) is 6.07 Å². The molecule has 1 heterocycles. The standard InChI is InChI=1S/C10H13N3O2/c1-3-15-10(14)9-6-8(12-13-9)7(2)4-5-11/h6-7H,3-4H2,1-2H3,(H,12,13). The van der Waals surface area contributed by atoms with E-state index in [-0.39, 0.29) is 11.6 Å². The lowest BCUT2D eigenvalue weighted by atomic mass is 10.1. The number of nitrogens with one attached hydrogen (secondary N) is 1. The van der Waals surface area contributed by atoms with Gasteiger partial charge in [-0.2, -0.15) is 10.4 Å². The highest BCUT2D eigenvalue weighted by Gasteiger charge is 2.14. The number of H-pyrrole nitrogens is 1. The summed E-state index contributed by atoms with van der Waals surface area (Å²) >= 11 is 0. The molecule has 1 rings (SSSR count). The van der Waals surface area contributed by atoms with Crippen molar-refractivity contribution in [3.63, 3.8) is 0 Å². The van der Waals surface area contributed by atoms with Crippen LogP contribution in [0.4, 0.5) is 0 Å². The first-order chi connectivity index (χ1) is 7.19. The Labute approximate surface area is 88.1 Å². The third kappa shape index (κ3) is 2.81. The molecule has 5 nitrogen and oxygen atoms in total. The maximum atomic E-state index is 11.3. The first kappa shape index (κ1) is 11.2.